The summed E-state index contributed by atoms with van der Waals surface area (Å²) in [5.41, 5.74) is -0.129. The third-order valence-corrected chi connectivity index (χ3v) is 3.59. The minimum absolute atomic E-state index is 0.191. The molecule has 0 aromatic carbocycles. The fourth-order valence-corrected chi connectivity index (χ4v) is 2.52. The predicted molar refractivity (Wildman–Crippen MR) is 67.0 cm³/mol. The molecule has 0 atom stereocenters. The zero-order valence-corrected chi connectivity index (χ0v) is 10.7. The summed E-state index contributed by atoms with van der Waals surface area (Å²) >= 11 is 0. The van der Waals surface area contributed by atoms with E-state index in [4.69, 9.17) is 4.42 Å². The Morgan fingerprint density at radius 2 is 2.22 bits per heavy atom. The number of aryl methyl sites for hydroxylation is 1. The van der Waals surface area contributed by atoms with Crippen LogP contribution in [-0.4, -0.2) is 11.4 Å². The molecule has 0 saturated heterocycles. The zero-order valence-electron chi connectivity index (χ0n) is 10.7. The second kappa shape index (κ2) is 5.26. The van der Waals surface area contributed by atoms with Gasteiger partial charge in [0.25, 0.3) is 5.91 Å². The largest absolute Gasteiger partial charge is 0.469 e. The summed E-state index contributed by atoms with van der Waals surface area (Å²) in [6.07, 6.45) is 6.83. The van der Waals surface area contributed by atoms with E-state index in [1.165, 1.54) is 6.26 Å². The molecule has 1 aromatic heterocycles. The zero-order chi connectivity index (χ0) is 13.0. The standard InChI is InChI=1S/C14H18N2O2/c1-2-12-11(6-9-18-12)13(17)16-14(10-15)7-4-3-5-8-14/h6,9H,2-5,7-8H2,1H3,(H,16,17). The van der Waals surface area contributed by atoms with Gasteiger partial charge < -0.3 is 9.73 Å². The van der Waals surface area contributed by atoms with E-state index in [9.17, 15) is 10.1 Å². The van der Waals surface area contributed by atoms with E-state index < -0.39 is 5.54 Å². The van der Waals surface area contributed by atoms with Crippen LogP contribution in [0, 0.1) is 11.3 Å². The van der Waals surface area contributed by atoms with E-state index in [0.29, 0.717) is 17.7 Å². The number of nitriles is 1. The number of hydrogen-bond donors (Lipinski definition) is 1. The lowest BCUT2D eigenvalue weighted by atomic mass is 9.82. The SMILES string of the molecule is CCc1occc1C(=O)NC1(C#N)CCCCC1. The van der Waals surface area contributed by atoms with Gasteiger partial charge in [0.15, 0.2) is 0 Å². The van der Waals surface area contributed by atoms with Gasteiger partial charge >= 0.3 is 0 Å². The molecule has 0 spiro atoms. The first-order valence-corrected chi connectivity index (χ1v) is 6.51. The molecule has 1 aliphatic carbocycles. The second-order valence-electron chi connectivity index (χ2n) is 4.82. The maximum Gasteiger partial charge on any atom is 0.256 e. The summed E-state index contributed by atoms with van der Waals surface area (Å²) in [5.74, 6) is 0.487. The fraction of sp³-hybridized carbons (Fsp3) is 0.571. The van der Waals surface area contributed by atoms with Gasteiger partial charge in [-0.15, -0.1) is 0 Å². The second-order valence-corrected chi connectivity index (χ2v) is 4.82. The molecule has 1 aliphatic rings. The van der Waals surface area contributed by atoms with Crippen molar-refractivity contribution < 1.29 is 9.21 Å². The van der Waals surface area contributed by atoms with Gasteiger partial charge in [0.1, 0.15) is 11.3 Å². The average Bonchev–Trinajstić information content (AvgIpc) is 2.88. The number of furan rings is 1. The number of nitrogens with zero attached hydrogens (tertiary/aromatic N) is 1. The number of hydrogen-bond acceptors (Lipinski definition) is 3. The molecule has 4 heteroatoms. The highest BCUT2D eigenvalue weighted by Crippen LogP contribution is 2.28. The van der Waals surface area contributed by atoms with Crippen molar-refractivity contribution in [3.05, 3.63) is 23.7 Å². The molecule has 2 rings (SSSR count). The summed E-state index contributed by atoms with van der Waals surface area (Å²) in [4.78, 5) is 12.2. The Labute approximate surface area is 107 Å². The van der Waals surface area contributed by atoms with Gasteiger partial charge in [0, 0.05) is 6.42 Å². The Bertz CT molecular complexity index is 464. The molecule has 1 amide bonds. The first-order chi connectivity index (χ1) is 8.71. The van der Waals surface area contributed by atoms with Crippen LogP contribution in [0.5, 0.6) is 0 Å². The first kappa shape index (κ1) is 12.7. The van der Waals surface area contributed by atoms with Crippen LogP contribution >= 0.6 is 0 Å². The number of rotatable bonds is 3. The van der Waals surface area contributed by atoms with Gasteiger partial charge in [-0.2, -0.15) is 5.26 Å². The maximum atomic E-state index is 12.2. The molecule has 96 valence electrons. The quantitative estimate of drug-likeness (QED) is 0.891. The molecule has 4 nitrogen and oxygen atoms in total. The van der Waals surface area contributed by atoms with Crippen molar-refractivity contribution in [3.8, 4) is 6.07 Å². The molecule has 1 N–H and O–H groups in total. The molecule has 0 radical (unpaired) electrons. The molecule has 0 unspecified atom stereocenters. The van der Waals surface area contributed by atoms with Gasteiger partial charge in [0.2, 0.25) is 0 Å². The lowest BCUT2D eigenvalue weighted by Crippen LogP contribution is -2.48. The molecule has 1 fully saturated rings. The molecule has 0 aliphatic heterocycles. The van der Waals surface area contributed by atoms with Crippen LogP contribution in [0.2, 0.25) is 0 Å². The molecular weight excluding hydrogens is 228 g/mol. The van der Waals surface area contributed by atoms with E-state index in [-0.39, 0.29) is 5.91 Å². The normalized spacial score (nSPS) is 18.0. The number of carbonyl (C=O) groups is 1. The summed E-state index contributed by atoms with van der Waals surface area (Å²) < 4.78 is 5.25. The van der Waals surface area contributed by atoms with Crippen molar-refractivity contribution in [2.75, 3.05) is 0 Å². The van der Waals surface area contributed by atoms with Crippen LogP contribution in [0.15, 0.2) is 16.7 Å². The highest BCUT2D eigenvalue weighted by molar-refractivity contribution is 5.95. The van der Waals surface area contributed by atoms with Gasteiger partial charge in [-0.1, -0.05) is 26.2 Å². The van der Waals surface area contributed by atoms with Crippen molar-refractivity contribution >= 4 is 5.91 Å². The summed E-state index contributed by atoms with van der Waals surface area (Å²) in [5, 5.41) is 12.2. The molecule has 1 heterocycles. The molecule has 1 aromatic rings. The van der Waals surface area contributed by atoms with Crippen molar-refractivity contribution in [1.82, 2.24) is 5.32 Å². The van der Waals surface area contributed by atoms with Gasteiger partial charge in [-0.05, 0) is 18.9 Å². The minimum atomic E-state index is -0.683. The van der Waals surface area contributed by atoms with E-state index in [1.54, 1.807) is 6.07 Å². The number of amides is 1. The molecular formula is C14H18N2O2. The Morgan fingerprint density at radius 3 is 2.83 bits per heavy atom. The van der Waals surface area contributed by atoms with E-state index in [1.807, 2.05) is 6.92 Å². The molecule has 18 heavy (non-hydrogen) atoms. The lowest BCUT2D eigenvalue weighted by Gasteiger charge is -2.31. The Kier molecular flexibility index (Phi) is 3.71. The van der Waals surface area contributed by atoms with Crippen LogP contribution in [0.3, 0.4) is 0 Å². The van der Waals surface area contributed by atoms with E-state index in [0.717, 1.165) is 32.1 Å². The fourth-order valence-electron chi connectivity index (χ4n) is 2.52. The Morgan fingerprint density at radius 1 is 1.50 bits per heavy atom. The summed E-state index contributed by atoms with van der Waals surface area (Å²) in [6, 6.07) is 3.95. The van der Waals surface area contributed by atoms with Gasteiger partial charge in [-0.25, -0.2) is 0 Å². The molecule has 1 saturated carbocycles. The Hall–Kier alpha value is -1.76. The summed E-state index contributed by atoms with van der Waals surface area (Å²) in [7, 11) is 0. The van der Waals surface area contributed by atoms with Crippen LogP contribution in [0.1, 0.15) is 55.1 Å². The number of carbonyl (C=O) groups excluding carboxylic acids is 1. The third-order valence-electron chi connectivity index (χ3n) is 3.59. The third kappa shape index (κ3) is 2.40. The minimum Gasteiger partial charge on any atom is -0.469 e. The van der Waals surface area contributed by atoms with Crippen LogP contribution in [0.25, 0.3) is 0 Å². The first-order valence-electron chi connectivity index (χ1n) is 6.51. The van der Waals surface area contributed by atoms with Crippen molar-refractivity contribution in [2.45, 2.75) is 51.0 Å². The predicted octanol–water partition coefficient (Wildman–Crippen LogP) is 2.80. The van der Waals surface area contributed by atoms with Crippen molar-refractivity contribution in [2.24, 2.45) is 0 Å². The van der Waals surface area contributed by atoms with Crippen molar-refractivity contribution in [1.29, 1.82) is 5.26 Å². The highest BCUT2D eigenvalue weighted by atomic mass is 16.3. The van der Waals surface area contributed by atoms with Crippen LogP contribution < -0.4 is 5.32 Å². The topological polar surface area (TPSA) is 66.0 Å². The smallest absolute Gasteiger partial charge is 0.256 e. The number of nitrogens with one attached hydrogen (secondary N) is 1. The highest BCUT2D eigenvalue weighted by Gasteiger charge is 2.34. The Balaban J connectivity index is 2.13. The average molecular weight is 246 g/mol. The van der Waals surface area contributed by atoms with E-state index >= 15 is 0 Å². The lowest BCUT2D eigenvalue weighted by molar-refractivity contribution is 0.0900. The van der Waals surface area contributed by atoms with Gasteiger partial charge in [-0.3, -0.25) is 4.79 Å². The van der Waals surface area contributed by atoms with Crippen molar-refractivity contribution in [3.63, 3.8) is 0 Å². The maximum absolute atomic E-state index is 12.2. The molecule has 0 bridgehead atoms. The van der Waals surface area contributed by atoms with Gasteiger partial charge in [0.05, 0.1) is 17.9 Å². The monoisotopic (exact) mass is 246 g/mol. The van der Waals surface area contributed by atoms with Crippen LogP contribution in [-0.2, 0) is 6.42 Å². The van der Waals surface area contributed by atoms with E-state index in [2.05, 4.69) is 11.4 Å². The van der Waals surface area contributed by atoms with Crippen LogP contribution in [0.4, 0.5) is 0 Å². The summed E-state index contributed by atoms with van der Waals surface area (Å²) in [6.45, 7) is 1.94.